The average molecular weight is 172 g/mol. The Morgan fingerprint density at radius 1 is 1.08 bits per heavy atom. The molecule has 0 unspecified atom stereocenters. The molecule has 0 spiro atoms. The molecule has 0 aliphatic rings. The van der Waals surface area contributed by atoms with Crippen LogP contribution >= 0.6 is 0 Å². The molecule has 0 aromatic carbocycles. The Morgan fingerprint density at radius 3 is 1.75 bits per heavy atom. The molecule has 0 aliphatic carbocycles. The largest absolute Gasteiger partial charge is 0.331 e. The van der Waals surface area contributed by atoms with E-state index >= 15 is 0 Å². The van der Waals surface area contributed by atoms with Crippen LogP contribution in [0.5, 0.6) is 0 Å². The highest BCUT2D eigenvalue weighted by Gasteiger charge is 2.19. The highest BCUT2D eigenvalue weighted by atomic mass is 16.2. The Bertz CT molecular complexity index is 155. The van der Waals surface area contributed by atoms with Gasteiger partial charge in [0.25, 0.3) is 0 Å². The SMILES string of the molecule is CC(C)[C@H](C)N(C)C(=O)N(C)C. The molecule has 72 valence electrons. The molecular formula is C9H20N2O. The predicted molar refractivity (Wildman–Crippen MR) is 51.1 cm³/mol. The molecule has 3 heteroatoms. The van der Waals surface area contributed by atoms with Crippen LogP contribution < -0.4 is 0 Å². The van der Waals surface area contributed by atoms with Gasteiger partial charge in [-0.05, 0) is 12.8 Å². The fourth-order valence-corrected chi connectivity index (χ4v) is 0.937. The first-order chi connectivity index (χ1) is 5.37. The van der Waals surface area contributed by atoms with Crippen molar-refractivity contribution in [2.45, 2.75) is 26.8 Å². The van der Waals surface area contributed by atoms with Crippen LogP contribution in [0, 0.1) is 5.92 Å². The summed E-state index contributed by atoms with van der Waals surface area (Å²) in [6, 6.07) is 0.358. The van der Waals surface area contributed by atoms with E-state index in [0.29, 0.717) is 12.0 Å². The van der Waals surface area contributed by atoms with Gasteiger partial charge in [-0.1, -0.05) is 13.8 Å². The van der Waals surface area contributed by atoms with Crippen LogP contribution in [0.3, 0.4) is 0 Å². The van der Waals surface area contributed by atoms with Crippen LogP contribution in [0.15, 0.2) is 0 Å². The van der Waals surface area contributed by atoms with Crippen LogP contribution in [0.4, 0.5) is 4.79 Å². The fraction of sp³-hybridized carbons (Fsp3) is 0.889. The Balaban J connectivity index is 4.19. The van der Waals surface area contributed by atoms with E-state index in [9.17, 15) is 4.79 Å². The Hall–Kier alpha value is -0.730. The van der Waals surface area contributed by atoms with E-state index in [1.165, 1.54) is 0 Å². The molecule has 3 nitrogen and oxygen atoms in total. The van der Waals surface area contributed by atoms with Crippen molar-refractivity contribution in [3.63, 3.8) is 0 Å². The predicted octanol–water partition coefficient (Wildman–Crippen LogP) is 1.64. The van der Waals surface area contributed by atoms with Gasteiger partial charge in [-0.15, -0.1) is 0 Å². The molecule has 12 heavy (non-hydrogen) atoms. The van der Waals surface area contributed by atoms with Crippen molar-refractivity contribution in [2.24, 2.45) is 5.92 Å². The summed E-state index contributed by atoms with van der Waals surface area (Å²) in [7, 11) is 5.38. The standard InChI is InChI=1S/C9H20N2O/c1-7(2)8(3)11(6)9(12)10(4)5/h7-8H,1-6H3/t8-/m0/s1. The molecule has 0 fully saturated rings. The van der Waals surface area contributed by atoms with Gasteiger partial charge >= 0.3 is 6.03 Å². The smallest absolute Gasteiger partial charge is 0.319 e. The van der Waals surface area contributed by atoms with Crippen molar-refractivity contribution >= 4 is 6.03 Å². The molecule has 0 rings (SSSR count). The summed E-state index contributed by atoms with van der Waals surface area (Å²) in [6.45, 7) is 6.29. The first-order valence-corrected chi connectivity index (χ1v) is 4.32. The minimum atomic E-state index is 0.0659. The monoisotopic (exact) mass is 172 g/mol. The summed E-state index contributed by atoms with van der Waals surface area (Å²) in [5.41, 5.74) is 0. The summed E-state index contributed by atoms with van der Waals surface area (Å²) in [5.74, 6) is 0.499. The van der Waals surface area contributed by atoms with Crippen LogP contribution in [0.2, 0.25) is 0 Å². The number of amides is 2. The highest BCUT2D eigenvalue weighted by Crippen LogP contribution is 2.08. The van der Waals surface area contributed by atoms with Crippen LogP contribution in [0.25, 0.3) is 0 Å². The van der Waals surface area contributed by atoms with Crippen LogP contribution in [-0.4, -0.2) is 43.0 Å². The van der Waals surface area contributed by atoms with Gasteiger partial charge in [0.15, 0.2) is 0 Å². The summed E-state index contributed by atoms with van der Waals surface area (Å²) in [4.78, 5) is 14.8. The van der Waals surface area contributed by atoms with Gasteiger partial charge in [0.2, 0.25) is 0 Å². The van der Waals surface area contributed by atoms with E-state index in [0.717, 1.165) is 0 Å². The van der Waals surface area contributed by atoms with Gasteiger partial charge in [-0.3, -0.25) is 0 Å². The Kier molecular flexibility index (Phi) is 4.07. The van der Waals surface area contributed by atoms with E-state index < -0.39 is 0 Å². The maximum atomic E-state index is 11.4. The van der Waals surface area contributed by atoms with E-state index in [-0.39, 0.29) is 6.03 Å². The van der Waals surface area contributed by atoms with Gasteiger partial charge in [0.1, 0.15) is 0 Å². The summed E-state index contributed by atoms with van der Waals surface area (Å²) >= 11 is 0. The van der Waals surface area contributed by atoms with E-state index in [1.807, 2.05) is 7.05 Å². The Morgan fingerprint density at radius 2 is 1.50 bits per heavy atom. The molecule has 0 aromatic heterocycles. The minimum Gasteiger partial charge on any atom is -0.331 e. The Labute approximate surface area is 75.3 Å². The zero-order valence-corrected chi connectivity index (χ0v) is 8.96. The van der Waals surface area contributed by atoms with Gasteiger partial charge < -0.3 is 9.80 Å². The van der Waals surface area contributed by atoms with Crippen molar-refractivity contribution in [1.29, 1.82) is 0 Å². The number of carbonyl (C=O) groups excluding carboxylic acids is 1. The summed E-state index contributed by atoms with van der Waals surface area (Å²) in [6.07, 6.45) is 0. The lowest BCUT2D eigenvalue weighted by atomic mass is 10.1. The third-order valence-electron chi connectivity index (χ3n) is 2.26. The van der Waals surface area contributed by atoms with Gasteiger partial charge in [0.05, 0.1) is 0 Å². The van der Waals surface area contributed by atoms with Crippen molar-refractivity contribution in [1.82, 2.24) is 9.80 Å². The second kappa shape index (κ2) is 4.33. The van der Waals surface area contributed by atoms with Crippen molar-refractivity contribution in [2.75, 3.05) is 21.1 Å². The van der Waals surface area contributed by atoms with Crippen molar-refractivity contribution in [3.8, 4) is 0 Å². The van der Waals surface area contributed by atoms with Crippen LogP contribution in [0.1, 0.15) is 20.8 Å². The lowest BCUT2D eigenvalue weighted by Gasteiger charge is -2.30. The van der Waals surface area contributed by atoms with Gasteiger partial charge in [0, 0.05) is 27.2 Å². The van der Waals surface area contributed by atoms with E-state index in [1.54, 1.807) is 23.9 Å². The third-order valence-corrected chi connectivity index (χ3v) is 2.26. The lowest BCUT2D eigenvalue weighted by Crippen LogP contribution is -2.43. The van der Waals surface area contributed by atoms with Crippen molar-refractivity contribution in [3.05, 3.63) is 0 Å². The molecule has 0 radical (unpaired) electrons. The molecular weight excluding hydrogens is 152 g/mol. The number of urea groups is 1. The highest BCUT2D eigenvalue weighted by molar-refractivity contribution is 5.73. The molecule has 0 saturated heterocycles. The van der Waals surface area contributed by atoms with Crippen LogP contribution in [-0.2, 0) is 0 Å². The summed E-state index contributed by atoms with van der Waals surface area (Å²) < 4.78 is 0. The number of nitrogens with zero attached hydrogens (tertiary/aromatic N) is 2. The minimum absolute atomic E-state index is 0.0659. The second-order valence-corrected chi connectivity index (χ2v) is 3.77. The first kappa shape index (κ1) is 11.3. The zero-order valence-electron chi connectivity index (χ0n) is 8.96. The average Bonchev–Trinajstić information content (AvgIpc) is 2.00. The molecule has 0 heterocycles. The molecule has 2 amide bonds. The number of rotatable bonds is 2. The topological polar surface area (TPSA) is 23.6 Å². The zero-order chi connectivity index (χ0) is 9.89. The van der Waals surface area contributed by atoms with E-state index in [2.05, 4.69) is 20.8 Å². The van der Waals surface area contributed by atoms with Gasteiger partial charge in [-0.25, -0.2) is 4.79 Å². The quantitative estimate of drug-likeness (QED) is 0.621. The van der Waals surface area contributed by atoms with Crippen molar-refractivity contribution < 1.29 is 4.79 Å². The second-order valence-electron chi connectivity index (χ2n) is 3.77. The number of hydrogen-bond acceptors (Lipinski definition) is 1. The molecule has 0 aliphatic heterocycles. The molecule has 0 N–H and O–H groups in total. The fourth-order valence-electron chi connectivity index (χ4n) is 0.937. The lowest BCUT2D eigenvalue weighted by molar-refractivity contribution is 0.155. The number of hydrogen-bond donors (Lipinski definition) is 0. The third kappa shape index (κ3) is 2.72. The molecule has 0 saturated carbocycles. The first-order valence-electron chi connectivity index (χ1n) is 4.32. The maximum absolute atomic E-state index is 11.4. The molecule has 1 atom stereocenters. The maximum Gasteiger partial charge on any atom is 0.319 e. The molecule has 0 bridgehead atoms. The molecule has 0 aromatic rings. The number of carbonyl (C=O) groups is 1. The normalized spacial score (nSPS) is 12.9. The summed E-state index contributed by atoms with van der Waals surface area (Å²) in [5, 5.41) is 0. The van der Waals surface area contributed by atoms with Gasteiger partial charge in [-0.2, -0.15) is 0 Å². The van der Waals surface area contributed by atoms with E-state index in [4.69, 9.17) is 0 Å².